The molecule has 0 aliphatic carbocycles. The number of methoxy groups -OCH3 is 1. The maximum absolute atomic E-state index is 12.8. The lowest BCUT2D eigenvalue weighted by Crippen LogP contribution is -2.44. The van der Waals surface area contributed by atoms with E-state index >= 15 is 0 Å². The topological polar surface area (TPSA) is 158 Å². The van der Waals surface area contributed by atoms with Crippen LogP contribution in [0.25, 0.3) is 0 Å². The van der Waals surface area contributed by atoms with Crippen LogP contribution in [0.3, 0.4) is 0 Å². The molecule has 0 bridgehead atoms. The van der Waals surface area contributed by atoms with Crippen molar-refractivity contribution >= 4 is 29.5 Å². The molecular formula is C22H20F3N3O7. The van der Waals surface area contributed by atoms with Gasteiger partial charge in [0.05, 0.1) is 6.61 Å². The Hall–Kier alpha value is -4.26. The zero-order valence-corrected chi connectivity index (χ0v) is 18.2. The van der Waals surface area contributed by atoms with Crippen molar-refractivity contribution in [3.63, 3.8) is 0 Å². The van der Waals surface area contributed by atoms with Crippen LogP contribution < -0.4 is 15.8 Å². The molecule has 0 heterocycles. The van der Waals surface area contributed by atoms with Crippen molar-refractivity contribution < 1.29 is 46.6 Å². The summed E-state index contributed by atoms with van der Waals surface area (Å²) in [6, 6.07) is 9.93. The number of hydrogen-bond acceptors (Lipinski definition) is 8. The Balaban J connectivity index is 2.00. The summed E-state index contributed by atoms with van der Waals surface area (Å²) in [5, 5.41) is 9.93. The molecule has 0 aromatic heterocycles. The van der Waals surface area contributed by atoms with Crippen LogP contribution in [0.1, 0.15) is 26.3 Å². The summed E-state index contributed by atoms with van der Waals surface area (Å²) < 4.78 is 49.8. The van der Waals surface area contributed by atoms with E-state index in [-0.39, 0.29) is 29.3 Å². The van der Waals surface area contributed by atoms with Crippen LogP contribution in [0.15, 0.2) is 48.5 Å². The lowest BCUT2D eigenvalue weighted by Gasteiger charge is -2.17. The Kier molecular flexibility index (Phi) is 9.05. The number of Topliss-reactive ketones (excluding diaryl/α,β-unsaturated/α-hetero) is 1. The van der Waals surface area contributed by atoms with E-state index in [4.69, 9.17) is 20.6 Å². The van der Waals surface area contributed by atoms with Gasteiger partial charge in [-0.1, -0.05) is 12.1 Å². The second-order valence-electron chi connectivity index (χ2n) is 6.91. The Morgan fingerprint density at radius 3 is 2.03 bits per heavy atom. The number of carbonyl (C=O) groups is 4. The van der Waals surface area contributed by atoms with Crippen molar-refractivity contribution in [3.8, 4) is 5.75 Å². The molecule has 2 aromatic rings. The van der Waals surface area contributed by atoms with Gasteiger partial charge in [-0.3, -0.25) is 15.0 Å². The molecule has 0 spiro atoms. The highest BCUT2D eigenvalue weighted by molar-refractivity contribution is 6.05. The lowest BCUT2D eigenvalue weighted by molar-refractivity contribution is -0.202. The van der Waals surface area contributed by atoms with Crippen molar-refractivity contribution in [1.29, 1.82) is 5.41 Å². The number of ether oxygens (including phenoxy) is 3. The zero-order valence-electron chi connectivity index (χ0n) is 18.2. The third-order valence-electron chi connectivity index (χ3n) is 4.35. The lowest BCUT2D eigenvalue weighted by atomic mass is 10.0. The van der Waals surface area contributed by atoms with Crippen molar-refractivity contribution in [1.82, 2.24) is 5.32 Å². The van der Waals surface area contributed by atoms with Gasteiger partial charge in [-0.15, -0.1) is 0 Å². The molecule has 1 amide bonds. The van der Waals surface area contributed by atoms with Gasteiger partial charge in [0.2, 0.25) is 0 Å². The number of nitrogens with one attached hydrogen (secondary N) is 2. The van der Waals surface area contributed by atoms with Crippen molar-refractivity contribution in [3.05, 3.63) is 65.2 Å². The number of ketones is 1. The number of hydrogen-bond donors (Lipinski definition) is 3. The summed E-state index contributed by atoms with van der Waals surface area (Å²) in [4.78, 5) is 47.3. The number of alkyl halides is 3. The van der Waals surface area contributed by atoms with E-state index in [1.54, 1.807) is 0 Å². The number of benzene rings is 2. The fraction of sp³-hybridized carbons (Fsp3) is 0.227. The maximum atomic E-state index is 12.8. The number of amidine groups is 1. The van der Waals surface area contributed by atoms with E-state index in [0.717, 1.165) is 0 Å². The molecule has 0 radical (unpaired) electrons. The summed E-state index contributed by atoms with van der Waals surface area (Å²) in [5.41, 5.74) is 6.17. The van der Waals surface area contributed by atoms with Crippen molar-refractivity contribution in [2.75, 3.05) is 20.3 Å². The zero-order chi connectivity index (χ0) is 26.2. The molecule has 186 valence electrons. The molecule has 0 saturated carbocycles. The molecule has 35 heavy (non-hydrogen) atoms. The smallest absolute Gasteiger partial charge is 0.482 e. The van der Waals surface area contributed by atoms with Crippen LogP contribution in [0.4, 0.5) is 13.2 Å². The monoisotopic (exact) mass is 495 g/mol. The Labute approximate surface area is 196 Å². The van der Waals surface area contributed by atoms with Crippen LogP contribution in [-0.4, -0.2) is 62.0 Å². The molecule has 4 N–H and O–H groups in total. The molecule has 13 heteroatoms. The first-order chi connectivity index (χ1) is 16.4. The van der Waals surface area contributed by atoms with E-state index in [1.165, 1.54) is 55.6 Å². The van der Waals surface area contributed by atoms with E-state index in [9.17, 15) is 32.3 Å². The predicted molar refractivity (Wildman–Crippen MR) is 114 cm³/mol. The molecule has 0 saturated heterocycles. The number of halogens is 3. The Morgan fingerprint density at radius 1 is 0.971 bits per heavy atom. The summed E-state index contributed by atoms with van der Waals surface area (Å²) >= 11 is 0. The molecular weight excluding hydrogens is 475 g/mol. The van der Waals surface area contributed by atoms with Crippen LogP contribution in [0, 0.1) is 5.41 Å². The highest BCUT2D eigenvalue weighted by Gasteiger charge is 2.42. The van der Waals surface area contributed by atoms with Crippen molar-refractivity contribution in [2.24, 2.45) is 5.73 Å². The SMILES string of the molecule is COCC(NC(=O)c1ccc(C(=N)N)cc1)C(=O)c1ccc(OCC(=O)OC(=O)C(F)(F)F)cc1. The first-order valence-electron chi connectivity index (χ1n) is 9.75. The van der Waals surface area contributed by atoms with Gasteiger partial charge in [-0.2, -0.15) is 13.2 Å². The normalized spacial score (nSPS) is 11.8. The van der Waals surface area contributed by atoms with Gasteiger partial charge in [0.25, 0.3) is 5.91 Å². The molecule has 1 atom stereocenters. The van der Waals surface area contributed by atoms with E-state index < -0.39 is 42.5 Å². The van der Waals surface area contributed by atoms with Gasteiger partial charge in [0, 0.05) is 23.8 Å². The first kappa shape index (κ1) is 27.0. The maximum Gasteiger partial charge on any atom is 0.491 e. The molecule has 10 nitrogen and oxygen atoms in total. The fourth-order valence-corrected chi connectivity index (χ4v) is 2.64. The Morgan fingerprint density at radius 2 is 1.51 bits per heavy atom. The summed E-state index contributed by atoms with van der Waals surface area (Å²) in [6.07, 6.45) is -5.32. The second kappa shape index (κ2) is 11.7. The van der Waals surface area contributed by atoms with Crippen LogP contribution >= 0.6 is 0 Å². The largest absolute Gasteiger partial charge is 0.491 e. The highest BCUT2D eigenvalue weighted by atomic mass is 19.4. The van der Waals surface area contributed by atoms with Crippen molar-refractivity contribution in [2.45, 2.75) is 12.2 Å². The summed E-state index contributed by atoms with van der Waals surface area (Å²) in [7, 11) is 1.34. The molecule has 0 aliphatic rings. The molecule has 0 fully saturated rings. The first-order valence-corrected chi connectivity index (χ1v) is 9.75. The highest BCUT2D eigenvalue weighted by Crippen LogP contribution is 2.17. The number of nitrogen functional groups attached to an aromatic ring is 1. The summed E-state index contributed by atoms with van der Waals surface area (Å²) in [6.45, 7) is -1.12. The van der Waals surface area contributed by atoms with Gasteiger partial charge >= 0.3 is 18.1 Å². The van der Waals surface area contributed by atoms with Crippen LogP contribution in [0.2, 0.25) is 0 Å². The number of carbonyl (C=O) groups excluding carboxylic acids is 4. The minimum atomic E-state index is -5.32. The molecule has 0 aliphatic heterocycles. The number of esters is 2. The van der Waals surface area contributed by atoms with Crippen LogP contribution in [0.5, 0.6) is 5.75 Å². The third-order valence-corrected chi connectivity index (χ3v) is 4.35. The summed E-state index contributed by atoms with van der Waals surface area (Å²) in [5.74, 6) is -5.44. The van der Waals surface area contributed by atoms with E-state index in [0.29, 0.717) is 5.56 Å². The quantitative estimate of drug-likeness (QED) is 0.147. The van der Waals surface area contributed by atoms with Crippen LogP contribution in [-0.2, 0) is 19.1 Å². The second-order valence-corrected chi connectivity index (χ2v) is 6.91. The molecule has 2 aromatic carbocycles. The van der Waals surface area contributed by atoms with Gasteiger partial charge < -0.3 is 25.3 Å². The fourth-order valence-electron chi connectivity index (χ4n) is 2.64. The standard InChI is InChI=1S/C22H20F3N3O7/c1-33-10-16(28-20(31)14-4-2-13(3-5-14)19(26)27)18(30)12-6-8-15(9-7-12)34-11-17(29)35-21(32)22(23,24)25/h2-9,16H,10-11H2,1H3,(H3,26,27)(H,28,31). The van der Waals surface area contributed by atoms with Gasteiger partial charge in [0.15, 0.2) is 12.4 Å². The van der Waals surface area contributed by atoms with Gasteiger partial charge in [-0.25, -0.2) is 9.59 Å². The van der Waals surface area contributed by atoms with Gasteiger partial charge in [0.1, 0.15) is 17.6 Å². The molecule has 1 unspecified atom stereocenters. The van der Waals surface area contributed by atoms with E-state index in [1.807, 2.05) is 0 Å². The van der Waals surface area contributed by atoms with Gasteiger partial charge in [-0.05, 0) is 36.4 Å². The number of nitrogens with two attached hydrogens (primary N) is 1. The minimum absolute atomic E-state index is 0.0100. The predicted octanol–water partition coefficient (Wildman–Crippen LogP) is 1.61. The minimum Gasteiger partial charge on any atom is -0.482 e. The molecule has 2 rings (SSSR count). The average molecular weight is 495 g/mol. The van der Waals surface area contributed by atoms with E-state index in [2.05, 4.69) is 10.1 Å². The Bertz CT molecular complexity index is 1100. The third kappa shape index (κ3) is 7.92. The number of amides is 1. The number of rotatable bonds is 10. The average Bonchev–Trinajstić information content (AvgIpc) is 2.81.